The van der Waals surface area contributed by atoms with E-state index < -0.39 is 0 Å². The Kier molecular flexibility index (Phi) is 7.73. The normalized spacial score (nSPS) is 14.5. The first-order valence-corrected chi connectivity index (χ1v) is 7.27. The lowest BCUT2D eigenvalue weighted by Crippen LogP contribution is -2.35. The second-order valence-corrected chi connectivity index (χ2v) is 5.21. The summed E-state index contributed by atoms with van der Waals surface area (Å²) in [6.45, 7) is 6.62. The first-order chi connectivity index (χ1) is 9.60. The highest BCUT2D eigenvalue weighted by atomic mass is 19.1. The zero-order chi connectivity index (χ0) is 15.0. The number of benzene rings is 1. The van der Waals surface area contributed by atoms with Crippen molar-refractivity contribution in [3.63, 3.8) is 0 Å². The summed E-state index contributed by atoms with van der Waals surface area (Å²) in [6, 6.07) is 7.42. The topological polar surface area (TPSA) is 24.5 Å². The minimum Gasteiger partial charge on any atom is -0.383 e. The molecule has 0 spiro atoms. The molecule has 0 fully saturated rings. The average molecular weight is 282 g/mol. The zero-order valence-electron chi connectivity index (χ0n) is 13.0. The van der Waals surface area contributed by atoms with Crippen molar-refractivity contribution in [3.8, 4) is 0 Å². The van der Waals surface area contributed by atoms with Crippen molar-refractivity contribution >= 4 is 0 Å². The van der Waals surface area contributed by atoms with Crippen LogP contribution in [0.3, 0.4) is 0 Å². The number of halogens is 1. The molecule has 1 N–H and O–H groups in total. The van der Waals surface area contributed by atoms with E-state index in [0.29, 0.717) is 12.6 Å². The van der Waals surface area contributed by atoms with Crippen LogP contribution in [0.1, 0.15) is 31.9 Å². The largest absolute Gasteiger partial charge is 0.383 e. The van der Waals surface area contributed by atoms with E-state index in [0.717, 1.165) is 25.1 Å². The van der Waals surface area contributed by atoms with Crippen LogP contribution in [0, 0.1) is 5.82 Å². The molecule has 1 rings (SSSR count). The molecule has 0 saturated carbocycles. The summed E-state index contributed by atoms with van der Waals surface area (Å²) in [5.41, 5.74) is 0.752. The molecule has 0 radical (unpaired) electrons. The number of rotatable bonds is 9. The SMILES string of the molecule is CCNC(CCN(C)C(C)COC)c1ccccc1F. The number of likely N-dealkylation sites (N-methyl/N-ethyl adjacent to an activating group) is 1. The fourth-order valence-electron chi connectivity index (χ4n) is 2.29. The van der Waals surface area contributed by atoms with E-state index in [4.69, 9.17) is 4.74 Å². The van der Waals surface area contributed by atoms with Crippen molar-refractivity contribution in [2.75, 3.05) is 33.9 Å². The molecular weight excluding hydrogens is 255 g/mol. The Morgan fingerprint density at radius 3 is 2.65 bits per heavy atom. The van der Waals surface area contributed by atoms with E-state index >= 15 is 0 Å². The number of ether oxygens (including phenoxy) is 1. The molecule has 4 heteroatoms. The van der Waals surface area contributed by atoms with Crippen LogP contribution in [0.25, 0.3) is 0 Å². The van der Waals surface area contributed by atoms with Crippen molar-refractivity contribution in [2.24, 2.45) is 0 Å². The highest BCUT2D eigenvalue weighted by Crippen LogP contribution is 2.20. The fraction of sp³-hybridized carbons (Fsp3) is 0.625. The van der Waals surface area contributed by atoms with E-state index in [1.54, 1.807) is 13.2 Å². The molecule has 1 aromatic carbocycles. The lowest BCUT2D eigenvalue weighted by atomic mass is 10.0. The molecule has 0 saturated heterocycles. The lowest BCUT2D eigenvalue weighted by Gasteiger charge is -2.27. The van der Waals surface area contributed by atoms with Crippen molar-refractivity contribution in [1.82, 2.24) is 10.2 Å². The molecule has 2 unspecified atom stereocenters. The maximum atomic E-state index is 13.9. The van der Waals surface area contributed by atoms with Crippen LogP contribution in [0.2, 0.25) is 0 Å². The maximum Gasteiger partial charge on any atom is 0.127 e. The Balaban J connectivity index is 2.62. The minimum atomic E-state index is -0.133. The molecule has 0 heterocycles. The van der Waals surface area contributed by atoms with Crippen LogP contribution < -0.4 is 5.32 Å². The summed E-state index contributed by atoms with van der Waals surface area (Å²) in [5.74, 6) is -0.133. The highest BCUT2D eigenvalue weighted by molar-refractivity contribution is 5.21. The summed E-state index contributed by atoms with van der Waals surface area (Å²) < 4.78 is 19.1. The molecule has 0 aromatic heterocycles. The maximum absolute atomic E-state index is 13.9. The van der Waals surface area contributed by atoms with E-state index in [-0.39, 0.29) is 11.9 Å². The van der Waals surface area contributed by atoms with E-state index in [1.807, 2.05) is 19.1 Å². The molecule has 0 aliphatic rings. The van der Waals surface area contributed by atoms with Gasteiger partial charge in [-0.1, -0.05) is 25.1 Å². The third kappa shape index (κ3) is 5.19. The second-order valence-electron chi connectivity index (χ2n) is 5.21. The van der Waals surface area contributed by atoms with Crippen LogP contribution in [-0.2, 0) is 4.74 Å². The van der Waals surface area contributed by atoms with Crippen molar-refractivity contribution in [1.29, 1.82) is 0 Å². The van der Waals surface area contributed by atoms with Gasteiger partial charge in [0.25, 0.3) is 0 Å². The molecule has 114 valence electrons. The number of hydrogen-bond acceptors (Lipinski definition) is 3. The Hall–Kier alpha value is -0.970. The molecule has 0 aliphatic heterocycles. The van der Waals surface area contributed by atoms with E-state index in [9.17, 15) is 4.39 Å². The average Bonchev–Trinajstić information content (AvgIpc) is 2.44. The number of nitrogens with one attached hydrogen (secondary N) is 1. The van der Waals surface area contributed by atoms with E-state index in [2.05, 4.69) is 24.2 Å². The van der Waals surface area contributed by atoms with Gasteiger partial charge in [0.05, 0.1) is 6.61 Å². The molecular formula is C16H27FN2O. The van der Waals surface area contributed by atoms with Gasteiger partial charge in [0.2, 0.25) is 0 Å². The molecule has 0 aliphatic carbocycles. The number of methoxy groups -OCH3 is 1. The fourth-order valence-corrected chi connectivity index (χ4v) is 2.29. The minimum absolute atomic E-state index is 0.0541. The Morgan fingerprint density at radius 2 is 2.05 bits per heavy atom. The van der Waals surface area contributed by atoms with Gasteiger partial charge in [0.15, 0.2) is 0 Å². The first kappa shape index (κ1) is 17.1. The van der Waals surface area contributed by atoms with Gasteiger partial charge in [-0.3, -0.25) is 0 Å². The van der Waals surface area contributed by atoms with Crippen LogP contribution in [0.4, 0.5) is 4.39 Å². The Bertz CT molecular complexity index is 386. The number of nitrogens with zero attached hydrogens (tertiary/aromatic N) is 1. The van der Waals surface area contributed by atoms with Crippen molar-refractivity contribution < 1.29 is 9.13 Å². The first-order valence-electron chi connectivity index (χ1n) is 7.27. The smallest absolute Gasteiger partial charge is 0.127 e. The van der Waals surface area contributed by atoms with Crippen molar-refractivity contribution in [3.05, 3.63) is 35.6 Å². The summed E-state index contributed by atoms with van der Waals surface area (Å²) >= 11 is 0. The summed E-state index contributed by atoms with van der Waals surface area (Å²) in [4.78, 5) is 2.24. The number of hydrogen-bond donors (Lipinski definition) is 1. The third-order valence-corrected chi connectivity index (χ3v) is 3.66. The van der Waals surface area contributed by atoms with Gasteiger partial charge in [-0.05, 0) is 33.0 Å². The van der Waals surface area contributed by atoms with Gasteiger partial charge < -0.3 is 15.0 Å². The van der Waals surface area contributed by atoms with E-state index in [1.165, 1.54) is 6.07 Å². The van der Waals surface area contributed by atoms with Crippen LogP contribution in [0.15, 0.2) is 24.3 Å². The molecule has 1 aromatic rings. The van der Waals surface area contributed by atoms with Gasteiger partial charge in [0, 0.05) is 31.3 Å². The Morgan fingerprint density at radius 1 is 1.35 bits per heavy atom. The van der Waals surface area contributed by atoms with Crippen LogP contribution >= 0.6 is 0 Å². The molecule has 20 heavy (non-hydrogen) atoms. The summed E-state index contributed by atoms with van der Waals surface area (Å²) in [5, 5.41) is 3.37. The zero-order valence-corrected chi connectivity index (χ0v) is 13.0. The van der Waals surface area contributed by atoms with Gasteiger partial charge in [0.1, 0.15) is 5.82 Å². The van der Waals surface area contributed by atoms with Gasteiger partial charge in [-0.25, -0.2) is 4.39 Å². The predicted octanol–water partition coefficient (Wildman–Crippen LogP) is 2.83. The summed E-state index contributed by atoms with van der Waals surface area (Å²) in [7, 11) is 3.79. The van der Waals surface area contributed by atoms with Crippen LogP contribution in [0.5, 0.6) is 0 Å². The standard InChI is InChI=1S/C16H27FN2O/c1-5-18-16(14-8-6-7-9-15(14)17)10-11-19(3)13(2)12-20-4/h6-9,13,16,18H,5,10-12H2,1-4H3. The van der Waals surface area contributed by atoms with Gasteiger partial charge in [-0.15, -0.1) is 0 Å². The van der Waals surface area contributed by atoms with Gasteiger partial charge in [-0.2, -0.15) is 0 Å². The lowest BCUT2D eigenvalue weighted by molar-refractivity contribution is 0.113. The van der Waals surface area contributed by atoms with Crippen molar-refractivity contribution in [2.45, 2.75) is 32.4 Å². The molecule has 2 atom stereocenters. The predicted molar refractivity (Wildman–Crippen MR) is 81.4 cm³/mol. The summed E-state index contributed by atoms with van der Waals surface area (Å²) in [6.07, 6.45) is 0.874. The Labute approximate surface area is 122 Å². The monoisotopic (exact) mass is 282 g/mol. The molecule has 0 amide bonds. The third-order valence-electron chi connectivity index (χ3n) is 3.66. The second kappa shape index (κ2) is 9.06. The molecule has 3 nitrogen and oxygen atoms in total. The quantitative estimate of drug-likeness (QED) is 0.754. The van der Waals surface area contributed by atoms with Gasteiger partial charge >= 0.3 is 0 Å². The molecule has 0 bridgehead atoms. The van der Waals surface area contributed by atoms with Crippen LogP contribution in [-0.4, -0.2) is 44.8 Å². The highest BCUT2D eigenvalue weighted by Gasteiger charge is 2.16.